The number of hydrogen-bond donors (Lipinski definition) is 1. The van der Waals surface area contributed by atoms with Crippen LogP contribution in [-0.2, 0) is 19.1 Å². The summed E-state index contributed by atoms with van der Waals surface area (Å²) in [6.07, 6.45) is 93.2. The van der Waals surface area contributed by atoms with Gasteiger partial charge in [0.2, 0.25) is 0 Å². The molecule has 440 valence electrons. The Morgan fingerprint density at radius 2 is 0.566 bits per heavy atom. The van der Waals surface area contributed by atoms with Crippen molar-refractivity contribution in [2.24, 2.45) is 0 Å². The van der Waals surface area contributed by atoms with Gasteiger partial charge in [-0.15, -0.1) is 0 Å². The highest BCUT2D eigenvalue weighted by Crippen LogP contribution is 2.18. The van der Waals surface area contributed by atoms with Crippen molar-refractivity contribution < 1.29 is 24.2 Å². The molecule has 0 aliphatic heterocycles. The van der Waals surface area contributed by atoms with Gasteiger partial charge in [-0.2, -0.15) is 0 Å². The summed E-state index contributed by atoms with van der Waals surface area (Å²) in [5.74, 6) is -0.578. The van der Waals surface area contributed by atoms with Crippen LogP contribution in [0.25, 0.3) is 0 Å². The molecule has 0 aromatic carbocycles. The predicted octanol–water partition coefficient (Wildman–Crippen LogP) is 22.9. The molecule has 0 radical (unpaired) electrons. The van der Waals surface area contributed by atoms with Gasteiger partial charge < -0.3 is 14.6 Å². The van der Waals surface area contributed by atoms with Gasteiger partial charge in [-0.25, -0.2) is 0 Å². The Hall–Kier alpha value is -2.92. The molecule has 0 spiro atoms. The average Bonchev–Trinajstić information content (AvgIpc) is 3.42. The predicted molar refractivity (Wildman–Crippen MR) is 334 cm³/mol. The molecule has 0 bridgehead atoms. The van der Waals surface area contributed by atoms with Crippen LogP contribution in [0.15, 0.2) is 85.1 Å². The van der Waals surface area contributed by atoms with Gasteiger partial charge >= 0.3 is 11.9 Å². The first-order valence-electron chi connectivity index (χ1n) is 33.1. The summed E-state index contributed by atoms with van der Waals surface area (Å²) < 4.78 is 10.7. The van der Waals surface area contributed by atoms with Gasteiger partial charge in [0.15, 0.2) is 6.10 Å². The Labute approximate surface area is 473 Å². The SMILES string of the molecule is CC/C=C\C/C=C\C/C=C\C/C=C\C/C=C\CCCCCCCCCCCCCCCCCCCCCCCCCC(=O)OC(CO)COC(=O)CCCCCCCCCCCCC/C=C\C/C=C\CCCCCCC. The van der Waals surface area contributed by atoms with E-state index in [2.05, 4.69) is 98.9 Å². The topological polar surface area (TPSA) is 72.8 Å². The molecule has 0 aromatic rings. The van der Waals surface area contributed by atoms with Crippen LogP contribution in [0.5, 0.6) is 0 Å². The van der Waals surface area contributed by atoms with E-state index in [9.17, 15) is 14.7 Å². The Balaban J connectivity index is 3.42. The third-order valence-corrected chi connectivity index (χ3v) is 14.7. The summed E-state index contributed by atoms with van der Waals surface area (Å²) >= 11 is 0. The highest BCUT2D eigenvalue weighted by molar-refractivity contribution is 5.70. The van der Waals surface area contributed by atoms with Crippen molar-refractivity contribution in [3.05, 3.63) is 85.1 Å². The molecule has 76 heavy (non-hydrogen) atoms. The molecule has 0 heterocycles. The fourth-order valence-electron chi connectivity index (χ4n) is 9.73. The van der Waals surface area contributed by atoms with Crippen LogP contribution in [0.1, 0.15) is 335 Å². The first-order chi connectivity index (χ1) is 37.6. The maximum Gasteiger partial charge on any atom is 0.306 e. The highest BCUT2D eigenvalue weighted by Gasteiger charge is 2.16. The van der Waals surface area contributed by atoms with Gasteiger partial charge in [-0.05, 0) is 89.9 Å². The lowest BCUT2D eigenvalue weighted by Gasteiger charge is -2.15. The molecule has 0 saturated carbocycles. The number of unbranched alkanes of at least 4 members (excludes halogenated alkanes) is 39. The highest BCUT2D eigenvalue weighted by atomic mass is 16.6. The second-order valence-electron chi connectivity index (χ2n) is 22.2. The third-order valence-electron chi connectivity index (χ3n) is 14.7. The Morgan fingerprint density at radius 1 is 0.316 bits per heavy atom. The number of rotatable bonds is 61. The summed E-state index contributed by atoms with van der Waals surface area (Å²) in [6, 6.07) is 0. The van der Waals surface area contributed by atoms with Crippen molar-refractivity contribution in [1.82, 2.24) is 0 Å². The lowest BCUT2D eigenvalue weighted by molar-refractivity contribution is -0.161. The van der Waals surface area contributed by atoms with Crippen molar-refractivity contribution in [3.8, 4) is 0 Å². The number of esters is 2. The second-order valence-corrected chi connectivity index (χ2v) is 22.2. The molecule has 1 atom stereocenters. The molecule has 1 N–H and O–H groups in total. The first-order valence-corrected chi connectivity index (χ1v) is 33.1. The maximum absolute atomic E-state index is 12.3. The monoisotopic (exact) mass is 1060 g/mol. The summed E-state index contributed by atoms with van der Waals surface area (Å²) in [5.41, 5.74) is 0. The van der Waals surface area contributed by atoms with E-state index >= 15 is 0 Å². The van der Waals surface area contributed by atoms with Gasteiger partial charge in [0.25, 0.3) is 0 Å². The maximum atomic E-state index is 12.3. The molecular formula is C71H126O5. The molecule has 0 aliphatic carbocycles. The number of carbonyl (C=O) groups is 2. The van der Waals surface area contributed by atoms with Gasteiger partial charge in [0.05, 0.1) is 6.61 Å². The van der Waals surface area contributed by atoms with E-state index in [0.717, 1.165) is 77.0 Å². The molecule has 0 rings (SSSR count). The molecule has 0 amide bonds. The van der Waals surface area contributed by atoms with E-state index in [0.29, 0.717) is 12.8 Å². The van der Waals surface area contributed by atoms with E-state index in [1.807, 2.05) is 0 Å². The minimum Gasteiger partial charge on any atom is -0.462 e. The Bertz CT molecular complexity index is 1380. The zero-order valence-corrected chi connectivity index (χ0v) is 50.5. The van der Waals surface area contributed by atoms with E-state index in [1.165, 1.54) is 231 Å². The fraction of sp³-hybridized carbons (Fsp3) is 0.775. The van der Waals surface area contributed by atoms with E-state index in [4.69, 9.17) is 9.47 Å². The number of hydrogen-bond acceptors (Lipinski definition) is 5. The van der Waals surface area contributed by atoms with Crippen LogP contribution >= 0.6 is 0 Å². The van der Waals surface area contributed by atoms with Crippen LogP contribution in [0.4, 0.5) is 0 Å². The quantitative estimate of drug-likeness (QED) is 0.0373. The van der Waals surface area contributed by atoms with E-state index in [-0.39, 0.29) is 25.2 Å². The normalized spacial score (nSPS) is 12.7. The van der Waals surface area contributed by atoms with Crippen LogP contribution in [0.3, 0.4) is 0 Å². The van der Waals surface area contributed by atoms with Gasteiger partial charge in [0.1, 0.15) is 6.61 Å². The molecule has 0 fully saturated rings. The number of aliphatic hydroxyl groups excluding tert-OH is 1. The van der Waals surface area contributed by atoms with Crippen molar-refractivity contribution >= 4 is 11.9 Å². The van der Waals surface area contributed by atoms with Gasteiger partial charge in [-0.1, -0.05) is 317 Å². The third kappa shape index (κ3) is 63.6. The molecule has 0 aromatic heterocycles. The molecule has 1 unspecified atom stereocenters. The van der Waals surface area contributed by atoms with Crippen LogP contribution in [0.2, 0.25) is 0 Å². The zero-order valence-electron chi connectivity index (χ0n) is 50.5. The number of allylic oxidation sites excluding steroid dienone is 14. The first kappa shape index (κ1) is 73.1. The minimum atomic E-state index is -0.775. The summed E-state index contributed by atoms with van der Waals surface area (Å²) in [4.78, 5) is 24.6. The van der Waals surface area contributed by atoms with Crippen LogP contribution < -0.4 is 0 Å². The zero-order chi connectivity index (χ0) is 54.8. The number of carbonyl (C=O) groups excluding carboxylic acids is 2. The van der Waals surface area contributed by atoms with E-state index < -0.39 is 6.10 Å². The smallest absolute Gasteiger partial charge is 0.306 e. The van der Waals surface area contributed by atoms with Crippen LogP contribution in [-0.4, -0.2) is 36.4 Å². The summed E-state index contributed by atoms with van der Waals surface area (Å²) in [7, 11) is 0. The second kappa shape index (κ2) is 66.4. The van der Waals surface area contributed by atoms with Crippen molar-refractivity contribution in [2.45, 2.75) is 341 Å². The lowest BCUT2D eigenvalue weighted by atomic mass is 10.0. The molecule has 0 saturated heterocycles. The summed E-state index contributed by atoms with van der Waals surface area (Å²) in [6.45, 7) is 4.05. The molecule has 0 aliphatic rings. The van der Waals surface area contributed by atoms with Crippen molar-refractivity contribution in [3.63, 3.8) is 0 Å². The van der Waals surface area contributed by atoms with Crippen LogP contribution in [0, 0.1) is 0 Å². The van der Waals surface area contributed by atoms with Gasteiger partial charge in [-0.3, -0.25) is 9.59 Å². The Morgan fingerprint density at radius 3 is 0.855 bits per heavy atom. The minimum absolute atomic E-state index is 0.0649. The molecule has 5 heteroatoms. The standard InChI is InChI=1S/C71H126O5/c1-3-5-7-9-11-13-15-17-19-21-23-25-27-28-29-30-31-32-33-34-35-36-37-38-39-40-41-42-44-46-48-50-52-54-56-58-60-62-64-66-71(74)76-69(67-72)68-75-70(73)65-63-61-59-57-55-53-51-49-47-45-43-26-24-22-20-18-16-14-12-10-8-6-4-2/h5,7,11,13,16-19,22-25,28-29,69,72H,3-4,6,8-10,12,14-15,20-21,26-27,30-68H2,1-2H3/b7-5-,13-11-,18-16-,19-17-,24-22-,25-23-,29-28-. The number of aliphatic hydroxyl groups is 1. The average molecular weight is 1060 g/mol. The number of ether oxygens (including phenoxy) is 2. The summed E-state index contributed by atoms with van der Waals surface area (Å²) in [5, 5.41) is 9.69. The largest absolute Gasteiger partial charge is 0.462 e. The lowest BCUT2D eigenvalue weighted by Crippen LogP contribution is -2.28. The van der Waals surface area contributed by atoms with Crippen molar-refractivity contribution in [2.75, 3.05) is 13.2 Å². The van der Waals surface area contributed by atoms with E-state index in [1.54, 1.807) is 0 Å². The van der Waals surface area contributed by atoms with Crippen molar-refractivity contribution in [1.29, 1.82) is 0 Å². The Kier molecular flexibility index (Phi) is 63.8. The molecular weight excluding hydrogens is 933 g/mol. The molecule has 5 nitrogen and oxygen atoms in total. The van der Waals surface area contributed by atoms with Gasteiger partial charge in [0, 0.05) is 12.8 Å². The fourth-order valence-corrected chi connectivity index (χ4v) is 9.73.